The predicted molar refractivity (Wildman–Crippen MR) is 95.7 cm³/mol. The molecule has 0 aliphatic carbocycles. The summed E-state index contributed by atoms with van der Waals surface area (Å²) in [6, 6.07) is 5.59. The van der Waals surface area contributed by atoms with Crippen LogP contribution in [0.15, 0.2) is 18.2 Å². The number of nitrogens with one attached hydrogen (secondary N) is 1. The minimum atomic E-state index is -0.527. The third kappa shape index (κ3) is 6.30. The van der Waals surface area contributed by atoms with Gasteiger partial charge in [0.2, 0.25) is 0 Å². The third-order valence-electron chi connectivity index (χ3n) is 3.27. The molecule has 0 bridgehead atoms. The summed E-state index contributed by atoms with van der Waals surface area (Å²) in [5, 5.41) is 2.95. The Kier molecular flexibility index (Phi) is 7.39. The van der Waals surface area contributed by atoms with Gasteiger partial charge in [0.1, 0.15) is 5.60 Å². The molecule has 0 radical (unpaired) electrons. The largest absolute Gasteiger partial charge is 0.490 e. The first-order chi connectivity index (χ1) is 11.2. The molecule has 0 aliphatic heterocycles. The van der Waals surface area contributed by atoms with E-state index in [0.29, 0.717) is 24.7 Å². The highest BCUT2D eigenvalue weighted by atomic mass is 16.6. The summed E-state index contributed by atoms with van der Waals surface area (Å²) in [6.45, 7) is 14.6. The van der Waals surface area contributed by atoms with Crippen molar-refractivity contribution in [2.24, 2.45) is 5.92 Å². The highest BCUT2D eigenvalue weighted by Gasteiger charge is 2.23. The highest BCUT2D eigenvalue weighted by Crippen LogP contribution is 2.33. The number of benzene rings is 1. The molecule has 5 nitrogen and oxygen atoms in total. The molecule has 0 aliphatic rings. The number of amides is 1. The molecular weight excluding hydrogens is 306 g/mol. The molecule has 5 heteroatoms. The first-order valence-corrected chi connectivity index (χ1v) is 8.57. The van der Waals surface area contributed by atoms with Crippen LogP contribution in [0.4, 0.5) is 4.79 Å². The summed E-state index contributed by atoms with van der Waals surface area (Å²) in [7, 11) is 0. The number of hydrogen-bond donors (Lipinski definition) is 1. The molecule has 0 fully saturated rings. The Morgan fingerprint density at radius 1 is 1.08 bits per heavy atom. The number of alkyl carbamates (subject to hydrolysis) is 1. The maximum absolute atomic E-state index is 12.1. The van der Waals surface area contributed by atoms with Crippen LogP contribution in [0, 0.1) is 5.92 Å². The van der Waals surface area contributed by atoms with Gasteiger partial charge in [-0.25, -0.2) is 4.79 Å². The van der Waals surface area contributed by atoms with Crippen molar-refractivity contribution in [3.05, 3.63) is 23.8 Å². The number of rotatable bonds is 7. The molecule has 0 saturated carbocycles. The van der Waals surface area contributed by atoms with Crippen molar-refractivity contribution < 1.29 is 19.0 Å². The lowest BCUT2D eigenvalue weighted by molar-refractivity contribution is 0.0489. The standard InChI is InChI=1S/C19H31NO4/c1-8-22-15-11-10-14(12-16(15)23-9-2)17(13(3)4)20-18(21)24-19(5,6)7/h10-13,17H,8-9H2,1-7H3,(H,20,21). The Bertz CT molecular complexity index is 535. The summed E-state index contributed by atoms with van der Waals surface area (Å²) < 4.78 is 16.6. The molecule has 0 aromatic heterocycles. The summed E-state index contributed by atoms with van der Waals surface area (Å²) in [5.74, 6) is 1.60. The maximum Gasteiger partial charge on any atom is 0.408 e. The molecule has 1 aromatic carbocycles. The van der Waals surface area contributed by atoms with E-state index >= 15 is 0 Å². The Morgan fingerprint density at radius 2 is 1.67 bits per heavy atom. The summed E-state index contributed by atoms with van der Waals surface area (Å²) in [5.41, 5.74) is 0.434. The molecule has 136 valence electrons. The van der Waals surface area contributed by atoms with Gasteiger partial charge in [0, 0.05) is 0 Å². The lowest BCUT2D eigenvalue weighted by Gasteiger charge is -2.26. The van der Waals surface area contributed by atoms with E-state index in [1.165, 1.54) is 0 Å². The predicted octanol–water partition coefficient (Wildman–Crippen LogP) is 4.71. The van der Waals surface area contributed by atoms with Gasteiger partial charge in [-0.05, 0) is 58.2 Å². The normalized spacial score (nSPS) is 12.7. The van der Waals surface area contributed by atoms with E-state index in [2.05, 4.69) is 19.2 Å². The molecule has 1 amide bonds. The Hall–Kier alpha value is -1.91. The second-order valence-corrected chi connectivity index (χ2v) is 6.94. The second kappa shape index (κ2) is 8.81. The first kappa shape index (κ1) is 20.1. The first-order valence-electron chi connectivity index (χ1n) is 8.57. The Balaban J connectivity index is 3.03. The van der Waals surface area contributed by atoms with Gasteiger partial charge in [0.25, 0.3) is 0 Å². The molecule has 0 saturated heterocycles. The van der Waals surface area contributed by atoms with Crippen LogP contribution in [0.25, 0.3) is 0 Å². The number of carbonyl (C=O) groups excluding carboxylic acids is 1. The molecule has 24 heavy (non-hydrogen) atoms. The van der Waals surface area contributed by atoms with Crippen molar-refractivity contribution in [3.63, 3.8) is 0 Å². The smallest absolute Gasteiger partial charge is 0.408 e. The van der Waals surface area contributed by atoms with E-state index < -0.39 is 11.7 Å². The molecule has 1 aromatic rings. The van der Waals surface area contributed by atoms with E-state index in [-0.39, 0.29) is 12.0 Å². The van der Waals surface area contributed by atoms with Crippen molar-refractivity contribution in [3.8, 4) is 11.5 Å². The molecule has 1 unspecified atom stereocenters. The van der Waals surface area contributed by atoms with Crippen LogP contribution in [0.3, 0.4) is 0 Å². The fourth-order valence-corrected chi connectivity index (χ4v) is 2.33. The SMILES string of the molecule is CCOc1ccc(C(NC(=O)OC(C)(C)C)C(C)C)cc1OCC. The molecule has 0 heterocycles. The van der Waals surface area contributed by atoms with Gasteiger partial charge < -0.3 is 19.5 Å². The van der Waals surface area contributed by atoms with Crippen LogP contribution in [0.2, 0.25) is 0 Å². The number of hydrogen-bond acceptors (Lipinski definition) is 4. The minimum absolute atomic E-state index is 0.172. The zero-order valence-corrected chi connectivity index (χ0v) is 15.9. The molecular formula is C19H31NO4. The highest BCUT2D eigenvalue weighted by molar-refractivity contribution is 5.68. The van der Waals surface area contributed by atoms with Crippen LogP contribution in [-0.2, 0) is 4.74 Å². The van der Waals surface area contributed by atoms with Crippen LogP contribution in [0.1, 0.15) is 60.1 Å². The molecule has 1 atom stereocenters. The molecule has 1 N–H and O–H groups in total. The van der Waals surface area contributed by atoms with Gasteiger partial charge in [-0.15, -0.1) is 0 Å². The van der Waals surface area contributed by atoms with Gasteiger partial charge in [-0.1, -0.05) is 19.9 Å². The second-order valence-electron chi connectivity index (χ2n) is 6.94. The molecule has 1 rings (SSSR count). The van der Waals surface area contributed by atoms with Gasteiger partial charge in [0.15, 0.2) is 11.5 Å². The van der Waals surface area contributed by atoms with Crippen molar-refractivity contribution in [1.29, 1.82) is 0 Å². The average molecular weight is 337 g/mol. The van der Waals surface area contributed by atoms with Crippen molar-refractivity contribution in [2.75, 3.05) is 13.2 Å². The van der Waals surface area contributed by atoms with Gasteiger partial charge in [0.05, 0.1) is 19.3 Å². The van der Waals surface area contributed by atoms with Gasteiger partial charge in [-0.2, -0.15) is 0 Å². The van der Waals surface area contributed by atoms with E-state index in [0.717, 1.165) is 5.56 Å². The lowest BCUT2D eigenvalue weighted by atomic mass is 9.96. The maximum atomic E-state index is 12.1. The van der Waals surface area contributed by atoms with Crippen LogP contribution in [-0.4, -0.2) is 24.9 Å². The Morgan fingerprint density at radius 3 is 2.17 bits per heavy atom. The summed E-state index contributed by atoms with van der Waals surface area (Å²) in [4.78, 5) is 12.1. The van der Waals surface area contributed by atoms with Crippen molar-refractivity contribution in [2.45, 2.75) is 60.1 Å². The Labute approximate surface area is 145 Å². The van der Waals surface area contributed by atoms with Crippen LogP contribution >= 0.6 is 0 Å². The van der Waals surface area contributed by atoms with Crippen LogP contribution < -0.4 is 14.8 Å². The summed E-state index contributed by atoms with van der Waals surface area (Å²) >= 11 is 0. The number of ether oxygens (including phenoxy) is 3. The van der Waals surface area contributed by atoms with E-state index in [1.54, 1.807) is 0 Å². The minimum Gasteiger partial charge on any atom is -0.490 e. The fourth-order valence-electron chi connectivity index (χ4n) is 2.33. The van der Waals surface area contributed by atoms with Crippen LogP contribution in [0.5, 0.6) is 11.5 Å². The van der Waals surface area contributed by atoms with Gasteiger partial charge >= 0.3 is 6.09 Å². The zero-order chi connectivity index (χ0) is 18.3. The zero-order valence-electron chi connectivity index (χ0n) is 15.9. The quantitative estimate of drug-likeness (QED) is 0.783. The monoisotopic (exact) mass is 337 g/mol. The van der Waals surface area contributed by atoms with Crippen molar-refractivity contribution in [1.82, 2.24) is 5.32 Å². The lowest BCUT2D eigenvalue weighted by Crippen LogP contribution is -2.36. The molecule has 0 spiro atoms. The van der Waals surface area contributed by atoms with E-state index in [9.17, 15) is 4.79 Å². The fraction of sp³-hybridized carbons (Fsp3) is 0.632. The van der Waals surface area contributed by atoms with Crippen molar-refractivity contribution >= 4 is 6.09 Å². The average Bonchev–Trinajstić information content (AvgIpc) is 2.45. The third-order valence-corrected chi connectivity index (χ3v) is 3.27. The topological polar surface area (TPSA) is 56.8 Å². The van der Waals surface area contributed by atoms with Gasteiger partial charge in [-0.3, -0.25) is 0 Å². The number of carbonyl (C=O) groups is 1. The van der Waals surface area contributed by atoms with E-state index in [4.69, 9.17) is 14.2 Å². The van der Waals surface area contributed by atoms with E-state index in [1.807, 2.05) is 52.8 Å². The summed E-state index contributed by atoms with van der Waals surface area (Å²) in [6.07, 6.45) is -0.423.